The summed E-state index contributed by atoms with van der Waals surface area (Å²) in [6.45, 7) is 10.1. The van der Waals surface area contributed by atoms with Gasteiger partial charge in [-0.25, -0.2) is 5.43 Å². The molecule has 1 amide bonds. The predicted molar refractivity (Wildman–Crippen MR) is 88.7 cm³/mol. The molecule has 1 aliphatic heterocycles. The first-order valence-corrected chi connectivity index (χ1v) is 7.10. The average Bonchev–Trinajstić information content (AvgIpc) is 2.36. The molecule has 21 heavy (non-hydrogen) atoms. The summed E-state index contributed by atoms with van der Waals surface area (Å²) >= 11 is 0. The number of likely N-dealkylation sites (N-methyl/N-ethyl adjacent to an activating group) is 1. The Bertz CT molecular complexity index is 642. The van der Waals surface area contributed by atoms with Crippen molar-refractivity contribution in [3.63, 3.8) is 0 Å². The third-order valence-corrected chi connectivity index (χ3v) is 4.03. The lowest BCUT2D eigenvalue weighted by atomic mass is 9.87. The quantitative estimate of drug-likeness (QED) is 0.670. The second-order valence-electron chi connectivity index (χ2n) is 6.19. The third kappa shape index (κ3) is 2.99. The normalized spacial score (nSPS) is 16.7. The van der Waals surface area contributed by atoms with Crippen LogP contribution in [0, 0.1) is 6.92 Å². The highest BCUT2D eigenvalue weighted by Crippen LogP contribution is 2.38. The molecule has 1 aromatic rings. The van der Waals surface area contributed by atoms with Gasteiger partial charge in [0.2, 0.25) is 5.91 Å². The zero-order valence-electron chi connectivity index (χ0n) is 13.6. The van der Waals surface area contributed by atoms with Gasteiger partial charge in [0.25, 0.3) is 0 Å². The van der Waals surface area contributed by atoms with Crippen molar-refractivity contribution in [2.24, 2.45) is 5.10 Å². The molecule has 0 bridgehead atoms. The topological polar surface area (TPSA) is 44.7 Å². The fraction of sp³-hybridized carbons (Fsp3) is 0.412. The van der Waals surface area contributed by atoms with Gasteiger partial charge in [0.1, 0.15) is 0 Å². The maximum absolute atomic E-state index is 10.9. The van der Waals surface area contributed by atoms with Gasteiger partial charge >= 0.3 is 0 Å². The predicted octanol–water partition coefficient (Wildman–Crippen LogP) is 3.10. The highest BCUT2D eigenvalue weighted by molar-refractivity contribution is 5.89. The number of amides is 1. The van der Waals surface area contributed by atoms with E-state index in [-0.39, 0.29) is 11.4 Å². The molecule has 0 radical (unpaired) electrons. The van der Waals surface area contributed by atoms with Gasteiger partial charge in [-0.1, -0.05) is 6.08 Å². The van der Waals surface area contributed by atoms with Crippen LogP contribution < -0.4 is 10.3 Å². The lowest BCUT2D eigenvalue weighted by molar-refractivity contribution is -0.118. The van der Waals surface area contributed by atoms with Crippen LogP contribution >= 0.6 is 0 Å². The van der Waals surface area contributed by atoms with Crippen molar-refractivity contribution in [1.82, 2.24) is 5.43 Å². The number of carbonyl (C=O) groups excluding carboxylic acids is 1. The Morgan fingerprint density at radius 2 is 2.00 bits per heavy atom. The van der Waals surface area contributed by atoms with Gasteiger partial charge in [0.15, 0.2) is 0 Å². The van der Waals surface area contributed by atoms with Crippen molar-refractivity contribution in [2.45, 2.75) is 40.2 Å². The molecular weight excluding hydrogens is 262 g/mol. The molecule has 4 heteroatoms. The summed E-state index contributed by atoms with van der Waals surface area (Å²) in [5.74, 6) is -0.167. The largest absolute Gasteiger partial charge is 0.365 e. The van der Waals surface area contributed by atoms with Crippen LogP contribution in [0.1, 0.15) is 44.4 Å². The first kappa shape index (κ1) is 15.3. The standard InChI is InChI=1S/C17H23N3O/c1-11-7-16-15(8-14(11)10-18-19-13(3)21)12(2)9-17(4,5)20(16)6/h7-10H,1-6H3,(H,19,21)/b18-10+. The first-order valence-electron chi connectivity index (χ1n) is 7.10. The van der Waals surface area contributed by atoms with Gasteiger partial charge in [-0.05, 0) is 56.5 Å². The van der Waals surface area contributed by atoms with Gasteiger partial charge in [0, 0.05) is 25.2 Å². The van der Waals surface area contributed by atoms with Crippen LogP contribution in [0.3, 0.4) is 0 Å². The fourth-order valence-corrected chi connectivity index (χ4v) is 2.65. The van der Waals surface area contributed by atoms with Gasteiger partial charge < -0.3 is 4.90 Å². The molecule has 0 saturated heterocycles. The van der Waals surface area contributed by atoms with E-state index in [1.165, 1.54) is 23.7 Å². The summed E-state index contributed by atoms with van der Waals surface area (Å²) in [7, 11) is 2.12. The Morgan fingerprint density at radius 1 is 1.33 bits per heavy atom. The number of hydrazone groups is 1. The van der Waals surface area contributed by atoms with Crippen LogP contribution in [-0.4, -0.2) is 24.7 Å². The van der Waals surface area contributed by atoms with Crippen LogP contribution in [0.4, 0.5) is 5.69 Å². The molecule has 1 aliphatic rings. The average molecular weight is 285 g/mol. The molecule has 0 aromatic heterocycles. The minimum absolute atomic E-state index is 0.00924. The van der Waals surface area contributed by atoms with Gasteiger partial charge in [0.05, 0.1) is 11.8 Å². The number of anilines is 1. The molecule has 0 saturated carbocycles. The lowest BCUT2D eigenvalue weighted by Crippen LogP contribution is -2.42. The molecule has 1 aromatic carbocycles. The van der Waals surface area contributed by atoms with Crippen molar-refractivity contribution >= 4 is 23.4 Å². The Kier molecular flexibility index (Phi) is 3.90. The highest BCUT2D eigenvalue weighted by Gasteiger charge is 2.28. The molecular formula is C17H23N3O. The van der Waals surface area contributed by atoms with E-state index in [0.29, 0.717) is 0 Å². The summed E-state index contributed by atoms with van der Waals surface area (Å²) in [5, 5.41) is 3.97. The molecule has 0 atom stereocenters. The van der Waals surface area contributed by atoms with E-state index in [1.807, 2.05) is 0 Å². The van der Waals surface area contributed by atoms with E-state index in [4.69, 9.17) is 0 Å². The summed E-state index contributed by atoms with van der Waals surface area (Å²) in [6, 6.07) is 4.32. The number of rotatable bonds is 2. The fourth-order valence-electron chi connectivity index (χ4n) is 2.65. The Labute approximate surface area is 126 Å². The minimum Gasteiger partial charge on any atom is -0.365 e. The van der Waals surface area contributed by atoms with Crippen LogP contribution in [0.2, 0.25) is 0 Å². The van der Waals surface area contributed by atoms with Gasteiger partial charge in [-0.15, -0.1) is 0 Å². The molecule has 0 spiro atoms. The van der Waals surface area contributed by atoms with Crippen LogP contribution in [0.15, 0.2) is 23.3 Å². The van der Waals surface area contributed by atoms with E-state index in [1.54, 1.807) is 6.21 Å². The third-order valence-electron chi connectivity index (χ3n) is 4.03. The SMILES string of the molecule is CC(=O)N/N=C/c1cc2c(cc1C)N(C)C(C)(C)C=C2C. The van der Waals surface area contributed by atoms with Gasteiger partial charge in [-0.3, -0.25) is 4.79 Å². The minimum atomic E-state index is -0.167. The van der Waals surface area contributed by atoms with Gasteiger partial charge in [-0.2, -0.15) is 5.10 Å². The molecule has 0 aliphatic carbocycles. The number of benzene rings is 1. The number of hydrogen-bond donors (Lipinski definition) is 1. The number of allylic oxidation sites excluding steroid dienone is 1. The summed E-state index contributed by atoms with van der Waals surface area (Å²) in [4.78, 5) is 13.2. The number of carbonyl (C=O) groups is 1. The molecule has 1 N–H and O–H groups in total. The number of fused-ring (bicyclic) bond motifs is 1. The van der Waals surface area contributed by atoms with E-state index in [9.17, 15) is 4.79 Å². The Hall–Kier alpha value is -2.10. The number of hydrogen-bond acceptors (Lipinski definition) is 3. The summed E-state index contributed by atoms with van der Waals surface area (Å²) in [6.07, 6.45) is 3.98. The summed E-state index contributed by atoms with van der Waals surface area (Å²) in [5.41, 5.74) is 8.32. The molecule has 0 fully saturated rings. The van der Waals surface area contributed by atoms with Crippen molar-refractivity contribution < 1.29 is 4.79 Å². The summed E-state index contributed by atoms with van der Waals surface area (Å²) < 4.78 is 0. The van der Waals surface area contributed by atoms with Crippen LogP contribution in [0.25, 0.3) is 5.57 Å². The Balaban J connectivity index is 2.46. The first-order chi connectivity index (χ1) is 9.72. The highest BCUT2D eigenvalue weighted by atomic mass is 16.2. The Morgan fingerprint density at radius 3 is 2.62 bits per heavy atom. The molecule has 0 unspecified atom stereocenters. The number of nitrogens with one attached hydrogen (secondary N) is 1. The lowest BCUT2D eigenvalue weighted by Gasteiger charge is -2.41. The monoisotopic (exact) mass is 285 g/mol. The maximum atomic E-state index is 10.9. The molecule has 4 nitrogen and oxygen atoms in total. The zero-order chi connectivity index (χ0) is 15.8. The maximum Gasteiger partial charge on any atom is 0.236 e. The number of aryl methyl sites for hydroxylation is 1. The van der Waals surface area contributed by atoms with Crippen molar-refractivity contribution in [3.8, 4) is 0 Å². The molecule has 1 heterocycles. The molecule has 2 rings (SSSR count). The van der Waals surface area contributed by atoms with E-state index >= 15 is 0 Å². The van der Waals surface area contributed by atoms with Crippen LogP contribution in [-0.2, 0) is 4.79 Å². The van der Waals surface area contributed by atoms with Crippen molar-refractivity contribution in [2.75, 3.05) is 11.9 Å². The van der Waals surface area contributed by atoms with Crippen LogP contribution in [0.5, 0.6) is 0 Å². The zero-order valence-corrected chi connectivity index (χ0v) is 13.6. The van der Waals surface area contributed by atoms with Crippen molar-refractivity contribution in [1.29, 1.82) is 0 Å². The van der Waals surface area contributed by atoms with E-state index < -0.39 is 0 Å². The smallest absolute Gasteiger partial charge is 0.236 e. The van der Waals surface area contributed by atoms with Crippen molar-refractivity contribution in [3.05, 3.63) is 34.9 Å². The molecule has 112 valence electrons. The van der Waals surface area contributed by atoms with E-state index in [0.717, 1.165) is 11.1 Å². The number of nitrogens with zero attached hydrogens (tertiary/aromatic N) is 2. The van der Waals surface area contributed by atoms with E-state index in [2.05, 4.69) is 68.4 Å². The second kappa shape index (κ2) is 5.35. The second-order valence-corrected chi connectivity index (χ2v) is 6.19.